The van der Waals surface area contributed by atoms with E-state index in [4.69, 9.17) is 14.2 Å². The third-order valence-electron chi connectivity index (χ3n) is 6.51. The fraction of sp³-hybridized carbons (Fsp3) is 0.269. The maximum absolute atomic E-state index is 13.7. The number of ether oxygens (including phenoxy) is 3. The van der Waals surface area contributed by atoms with Crippen LogP contribution in [0, 0.1) is 6.92 Å². The van der Waals surface area contributed by atoms with Crippen molar-refractivity contribution in [1.29, 1.82) is 0 Å². The molecule has 7 nitrogen and oxygen atoms in total. The molecule has 37 heavy (non-hydrogen) atoms. The number of hydrogen-bond acceptors (Lipinski definition) is 6. The Labute approximate surface area is 211 Å². The Bertz CT molecular complexity index is 1470. The summed E-state index contributed by atoms with van der Waals surface area (Å²) in [5.74, 6) is -2.01. The molecule has 0 bridgehead atoms. The van der Waals surface area contributed by atoms with Gasteiger partial charge in [-0.2, -0.15) is 17.5 Å². The minimum Gasteiger partial charge on any atom is -0.493 e. The maximum Gasteiger partial charge on any atom is 0.490 e. The van der Waals surface area contributed by atoms with Crippen molar-refractivity contribution in [3.8, 4) is 17.2 Å². The van der Waals surface area contributed by atoms with Crippen molar-refractivity contribution in [3.63, 3.8) is 0 Å². The number of rotatable bonds is 4. The van der Waals surface area contributed by atoms with Crippen molar-refractivity contribution in [3.05, 3.63) is 82.9 Å². The first-order valence-electron chi connectivity index (χ1n) is 11.3. The normalized spacial score (nSPS) is 19.2. The molecule has 2 aliphatic heterocycles. The van der Waals surface area contributed by atoms with E-state index in [1.54, 1.807) is 43.3 Å². The van der Waals surface area contributed by atoms with E-state index in [0.717, 1.165) is 9.87 Å². The number of sulfonamides is 1. The molecule has 0 amide bonds. The number of fused-ring (bicyclic) bond motifs is 2. The number of halogens is 3. The minimum atomic E-state index is -5.26. The Balaban J connectivity index is 1.70. The number of aryl methyl sites for hydroxylation is 1. The molecule has 0 aromatic heterocycles. The van der Waals surface area contributed by atoms with E-state index in [1.807, 2.05) is 0 Å². The number of alkyl halides is 3. The fourth-order valence-corrected chi connectivity index (χ4v) is 6.19. The predicted molar refractivity (Wildman–Crippen MR) is 126 cm³/mol. The lowest BCUT2D eigenvalue weighted by molar-refractivity contribution is -0.205. The Kier molecular flexibility index (Phi) is 6.15. The third-order valence-corrected chi connectivity index (χ3v) is 8.36. The van der Waals surface area contributed by atoms with Crippen molar-refractivity contribution in [2.24, 2.45) is 0 Å². The summed E-state index contributed by atoms with van der Waals surface area (Å²) in [6.45, 7) is 1.17. The van der Waals surface area contributed by atoms with Crippen LogP contribution in [0.1, 0.15) is 34.3 Å². The Morgan fingerprint density at radius 1 is 1.00 bits per heavy atom. The van der Waals surface area contributed by atoms with E-state index < -0.39 is 40.7 Å². The van der Waals surface area contributed by atoms with Crippen LogP contribution in [0.5, 0.6) is 17.2 Å². The summed E-state index contributed by atoms with van der Waals surface area (Å²) < 4.78 is 84.6. The number of carbonyl (C=O) groups excluding carboxylic acids is 1. The molecule has 0 aliphatic carbocycles. The molecular weight excluding hydrogens is 511 g/mol. The Morgan fingerprint density at radius 2 is 1.70 bits per heavy atom. The minimum absolute atomic E-state index is 0.0249. The topological polar surface area (TPSA) is 82.1 Å². The van der Waals surface area contributed by atoms with Gasteiger partial charge in [0, 0.05) is 29.2 Å². The second-order valence-electron chi connectivity index (χ2n) is 8.82. The highest BCUT2D eigenvalue weighted by Crippen LogP contribution is 2.53. The summed E-state index contributed by atoms with van der Waals surface area (Å²) in [4.78, 5) is 11.9. The zero-order chi connectivity index (χ0) is 26.5. The summed E-state index contributed by atoms with van der Waals surface area (Å²) in [5, 5.41) is 0. The molecule has 5 rings (SSSR count). The van der Waals surface area contributed by atoms with Gasteiger partial charge < -0.3 is 14.2 Å². The van der Waals surface area contributed by atoms with Crippen LogP contribution in [0.4, 0.5) is 13.2 Å². The van der Waals surface area contributed by atoms with E-state index in [0.29, 0.717) is 22.6 Å². The number of methoxy groups -OCH3 is 1. The number of esters is 1. The van der Waals surface area contributed by atoms with Gasteiger partial charge in [0.05, 0.1) is 18.6 Å². The fourth-order valence-electron chi connectivity index (χ4n) is 4.73. The number of nitrogens with zero attached hydrogens (tertiary/aromatic N) is 1. The molecule has 2 aliphatic rings. The molecule has 11 heteroatoms. The molecule has 2 atom stereocenters. The van der Waals surface area contributed by atoms with Crippen LogP contribution in [0.2, 0.25) is 0 Å². The molecule has 194 valence electrons. The summed E-state index contributed by atoms with van der Waals surface area (Å²) in [6.07, 6.45) is -6.81. The summed E-state index contributed by atoms with van der Waals surface area (Å²) in [5.41, 5.74) is 2.12. The second kappa shape index (κ2) is 9.07. The molecule has 0 unspecified atom stereocenters. The maximum atomic E-state index is 13.7. The number of carbonyl (C=O) groups is 1. The van der Waals surface area contributed by atoms with Gasteiger partial charge in [0.25, 0.3) is 0 Å². The molecule has 0 N–H and O–H groups in total. The highest BCUT2D eigenvalue weighted by atomic mass is 32.2. The lowest BCUT2D eigenvalue weighted by Gasteiger charge is -2.31. The number of para-hydroxylation sites is 1. The highest BCUT2D eigenvalue weighted by molar-refractivity contribution is 7.89. The lowest BCUT2D eigenvalue weighted by Crippen LogP contribution is -2.38. The van der Waals surface area contributed by atoms with Crippen molar-refractivity contribution in [2.75, 3.05) is 20.2 Å². The average Bonchev–Trinajstić information content (AvgIpc) is 3.02. The van der Waals surface area contributed by atoms with Gasteiger partial charge in [0.1, 0.15) is 11.9 Å². The van der Waals surface area contributed by atoms with Crippen molar-refractivity contribution in [1.82, 2.24) is 4.31 Å². The van der Waals surface area contributed by atoms with E-state index >= 15 is 0 Å². The number of benzene rings is 3. The van der Waals surface area contributed by atoms with E-state index in [1.165, 1.54) is 31.4 Å². The van der Waals surface area contributed by atoms with Gasteiger partial charge in [-0.05, 0) is 31.2 Å². The van der Waals surface area contributed by atoms with Gasteiger partial charge in [0.15, 0.2) is 11.5 Å². The molecule has 0 spiro atoms. The predicted octanol–water partition coefficient (Wildman–Crippen LogP) is 5.09. The van der Waals surface area contributed by atoms with Crippen molar-refractivity contribution < 1.29 is 40.6 Å². The molecule has 0 saturated heterocycles. The third kappa shape index (κ3) is 4.42. The standard InChI is InChI=1S/C26H22F3NO6S/c1-15-7-9-16(10-8-15)37(32,33)30-13-19-17-5-3-4-6-20(17)35-24-21(34-2)12-11-18(23(19)24)22(14-30)36-25(31)26(27,28)29/h3-12,19,22H,13-14H2,1-2H3/t19-,22+/m0/s1. The molecular formula is C26H22F3NO6S. The number of hydrogen-bond donors (Lipinski definition) is 0. The van der Waals surface area contributed by atoms with Crippen molar-refractivity contribution in [2.45, 2.75) is 30.0 Å². The first-order chi connectivity index (χ1) is 17.5. The smallest absolute Gasteiger partial charge is 0.490 e. The van der Waals surface area contributed by atoms with Crippen LogP contribution >= 0.6 is 0 Å². The van der Waals surface area contributed by atoms with E-state index in [-0.39, 0.29) is 22.8 Å². The van der Waals surface area contributed by atoms with Crippen molar-refractivity contribution >= 4 is 16.0 Å². The van der Waals surface area contributed by atoms with Crippen LogP contribution in [0.15, 0.2) is 65.6 Å². The van der Waals surface area contributed by atoms with Crippen LogP contribution < -0.4 is 9.47 Å². The van der Waals surface area contributed by atoms with Gasteiger partial charge in [-0.1, -0.05) is 42.0 Å². The Hall–Kier alpha value is -3.57. The van der Waals surface area contributed by atoms with E-state index in [2.05, 4.69) is 0 Å². The van der Waals surface area contributed by atoms with Gasteiger partial charge in [-0.25, -0.2) is 13.2 Å². The van der Waals surface area contributed by atoms with Gasteiger partial charge in [-0.15, -0.1) is 0 Å². The molecule has 3 aromatic rings. The largest absolute Gasteiger partial charge is 0.493 e. The van der Waals surface area contributed by atoms with Crippen LogP contribution in [0.25, 0.3) is 0 Å². The lowest BCUT2D eigenvalue weighted by atomic mass is 9.84. The van der Waals surface area contributed by atoms with Gasteiger partial charge >= 0.3 is 12.1 Å². The van der Waals surface area contributed by atoms with Gasteiger partial charge in [0.2, 0.25) is 10.0 Å². The summed E-state index contributed by atoms with van der Waals surface area (Å²) in [6, 6.07) is 16.1. The van der Waals surface area contributed by atoms with Crippen LogP contribution in [0.3, 0.4) is 0 Å². The molecule has 0 radical (unpaired) electrons. The first kappa shape index (κ1) is 25.1. The molecule has 2 heterocycles. The molecule has 3 aromatic carbocycles. The Morgan fingerprint density at radius 3 is 2.38 bits per heavy atom. The highest BCUT2D eigenvalue weighted by Gasteiger charge is 2.46. The van der Waals surface area contributed by atoms with Crippen LogP contribution in [-0.2, 0) is 19.6 Å². The SMILES string of the molecule is COc1ccc2c3c1Oc1ccccc1[C@@H]3CN(S(=O)(=O)c1ccc(C)cc1)C[C@H]2OC(=O)C(F)(F)F. The average molecular weight is 534 g/mol. The first-order valence-corrected chi connectivity index (χ1v) is 12.8. The molecule has 0 fully saturated rings. The van der Waals surface area contributed by atoms with E-state index in [9.17, 15) is 26.4 Å². The summed E-state index contributed by atoms with van der Waals surface area (Å²) >= 11 is 0. The van der Waals surface area contributed by atoms with Gasteiger partial charge in [-0.3, -0.25) is 0 Å². The quantitative estimate of drug-likeness (QED) is 0.435. The zero-order valence-corrected chi connectivity index (χ0v) is 20.6. The molecule has 0 saturated carbocycles. The summed E-state index contributed by atoms with van der Waals surface area (Å²) in [7, 11) is -2.77. The van der Waals surface area contributed by atoms with Crippen LogP contribution in [-0.4, -0.2) is 45.1 Å². The monoisotopic (exact) mass is 533 g/mol. The zero-order valence-electron chi connectivity index (χ0n) is 19.8. The second-order valence-corrected chi connectivity index (χ2v) is 10.8.